The molecule has 0 radical (unpaired) electrons. The van der Waals surface area contributed by atoms with Gasteiger partial charge in [-0.15, -0.1) is 0 Å². The molecule has 2 fully saturated rings. The largest absolute Gasteiger partial charge is 0.341 e. The van der Waals surface area contributed by atoms with Gasteiger partial charge in [0, 0.05) is 25.0 Å². The number of hydrogen-bond acceptors (Lipinski definition) is 4. The maximum Gasteiger partial charge on any atom is 0.225 e. The third-order valence-corrected chi connectivity index (χ3v) is 6.31. The van der Waals surface area contributed by atoms with Crippen LogP contribution in [-0.4, -0.2) is 68.9 Å². The summed E-state index contributed by atoms with van der Waals surface area (Å²) in [6.07, 6.45) is 4.36. The first-order valence-corrected chi connectivity index (χ1v) is 9.37. The van der Waals surface area contributed by atoms with Crippen molar-refractivity contribution in [2.24, 2.45) is 5.92 Å². The first-order valence-electron chi connectivity index (χ1n) is 7.55. The third kappa shape index (κ3) is 3.95. The average Bonchev–Trinajstić information content (AvgIpc) is 2.63. The Hall–Kier alpha value is -0.620. The summed E-state index contributed by atoms with van der Waals surface area (Å²) in [4.78, 5) is 16.8. The number of likely N-dealkylation sites (tertiary alicyclic amines) is 1. The van der Waals surface area contributed by atoms with Gasteiger partial charge in [0.2, 0.25) is 5.91 Å². The molecule has 2 aliphatic heterocycles. The summed E-state index contributed by atoms with van der Waals surface area (Å²) in [6, 6.07) is 0.425. The van der Waals surface area contributed by atoms with Gasteiger partial charge >= 0.3 is 0 Å². The molecule has 0 saturated carbocycles. The van der Waals surface area contributed by atoms with Gasteiger partial charge in [-0.3, -0.25) is 4.79 Å². The van der Waals surface area contributed by atoms with Crippen LogP contribution in [0.3, 0.4) is 0 Å². The number of carbonyl (C=O) groups is 1. The zero-order valence-electron chi connectivity index (χ0n) is 12.5. The normalized spacial score (nSPS) is 28.4. The van der Waals surface area contributed by atoms with E-state index in [1.54, 1.807) is 0 Å². The number of sulfone groups is 1. The third-order valence-electron chi connectivity index (χ3n) is 4.59. The van der Waals surface area contributed by atoms with E-state index in [0.29, 0.717) is 18.9 Å². The zero-order valence-corrected chi connectivity index (χ0v) is 13.4. The van der Waals surface area contributed by atoms with E-state index in [2.05, 4.69) is 19.0 Å². The molecule has 0 aromatic heterocycles. The lowest BCUT2D eigenvalue weighted by atomic mass is 10.0. The van der Waals surface area contributed by atoms with Gasteiger partial charge in [0.1, 0.15) is 9.84 Å². The Bertz CT molecular complexity index is 433. The molecular weight excluding hydrogens is 276 g/mol. The van der Waals surface area contributed by atoms with E-state index in [4.69, 9.17) is 0 Å². The van der Waals surface area contributed by atoms with Crippen LogP contribution in [0.2, 0.25) is 0 Å². The van der Waals surface area contributed by atoms with Crippen LogP contribution in [0.4, 0.5) is 0 Å². The van der Waals surface area contributed by atoms with Crippen LogP contribution in [0.15, 0.2) is 0 Å². The molecule has 2 aliphatic rings. The van der Waals surface area contributed by atoms with E-state index in [1.165, 1.54) is 0 Å². The minimum absolute atomic E-state index is 0.0839. The Labute approximate surface area is 122 Å². The molecule has 0 N–H and O–H groups in total. The number of carbonyl (C=O) groups excluding carboxylic acids is 1. The molecule has 2 heterocycles. The maximum atomic E-state index is 12.6. The Morgan fingerprint density at radius 3 is 2.35 bits per heavy atom. The van der Waals surface area contributed by atoms with E-state index < -0.39 is 9.84 Å². The molecule has 0 unspecified atom stereocenters. The minimum Gasteiger partial charge on any atom is -0.341 e. The van der Waals surface area contributed by atoms with Gasteiger partial charge in [0.05, 0.1) is 11.5 Å². The van der Waals surface area contributed by atoms with Crippen molar-refractivity contribution in [1.29, 1.82) is 0 Å². The van der Waals surface area contributed by atoms with Gasteiger partial charge in [0.25, 0.3) is 0 Å². The highest BCUT2D eigenvalue weighted by molar-refractivity contribution is 7.91. The molecule has 2 rings (SSSR count). The summed E-state index contributed by atoms with van der Waals surface area (Å²) in [7, 11) is 1.23. The molecule has 5 nitrogen and oxygen atoms in total. The second-order valence-corrected chi connectivity index (χ2v) is 8.63. The summed E-state index contributed by atoms with van der Waals surface area (Å²) in [5.41, 5.74) is 0. The van der Waals surface area contributed by atoms with E-state index in [-0.39, 0.29) is 23.3 Å². The number of hydrogen-bond donors (Lipinski definition) is 0. The first kappa shape index (κ1) is 15.8. The number of amides is 1. The molecule has 116 valence electrons. The predicted molar refractivity (Wildman–Crippen MR) is 79.3 cm³/mol. The smallest absolute Gasteiger partial charge is 0.225 e. The Balaban J connectivity index is 1.97. The highest BCUT2D eigenvalue weighted by Crippen LogP contribution is 2.23. The molecule has 0 aromatic rings. The van der Waals surface area contributed by atoms with Gasteiger partial charge in [-0.25, -0.2) is 8.42 Å². The predicted octanol–water partition coefficient (Wildman–Crippen LogP) is 0.754. The molecule has 20 heavy (non-hydrogen) atoms. The van der Waals surface area contributed by atoms with E-state index >= 15 is 0 Å². The molecule has 2 saturated heterocycles. The lowest BCUT2D eigenvalue weighted by Gasteiger charge is -2.32. The van der Waals surface area contributed by atoms with Crippen LogP contribution < -0.4 is 0 Å². The highest BCUT2D eigenvalue weighted by Gasteiger charge is 2.32. The Morgan fingerprint density at radius 2 is 1.75 bits per heavy atom. The fourth-order valence-corrected chi connectivity index (χ4v) is 4.63. The van der Waals surface area contributed by atoms with Gasteiger partial charge < -0.3 is 9.80 Å². The molecule has 1 atom stereocenters. The molecule has 1 amide bonds. The second kappa shape index (κ2) is 6.43. The van der Waals surface area contributed by atoms with Crippen molar-refractivity contribution < 1.29 is 13.2 Å². The fraction of sp³-hybridized carbons (Fsp3) is 0.929. The van der Waals surface area contributed by atoms with Crippen LogP contribution in [0.5, 0.6) is 0 Å². The number of rotatable bonds is 2. The Morgan fingerprint density at radius 1 is 1.10 bits per heavy atom. The van der Waals surface area contributed by atoms with Gasteiger partial charge in [-0.05, 0) is 39.8 Å². The monoisotopic (exact) mass is 302 g/mol. The van der Waals surface area contributed by atoms with Gasteiger partial charge in [-0.1, -0.05) is 6.42 Å². The maximum absolute atomic E-state index is 12.6. The first-order chi connectivity index (χ1) is 9.39. The summed E-state index contributed by atoms with van der Waals surface area (Å²) in [6.45, 7) is 1.61. The second-order valence-electron chi connectivity index (χ2n) is 6.32. The summed E-state index contributed by atoms with van der Waals surface area (Å²) in [5.74, 6) is 0.441. The molecule has 0 bridgehead atoms. The van der Waals surface area contributed by atoms with E-state index in [0.717, 1.165) is 32.4 Å². The minimum atomic E-state index is -2.89. The lowest BCUT2D eigenvalue weighted by Crippen LogP contribution is -2.45. The molecule has 0 aromatic carbocycles. The van der Waals surface area contributed by atoms with Crippen LogP contribution in [0.25, 0.3) is 0 Å². The van der Waals surface area contributed by atoms with Crippen molar-refractivity contribution in [3.8, 4) is 0 Å². The van der Waals surface area contributed by atoms with E-state index in [9.17, 15) is 13.2 Å². The molecule has 6 heteroatoms. The van der Waals surface area contributed by atoms with Crippen molar-refractivity contribution in [3.63, 3.8) is 0 Å². The summed E-state index contributed by atoms with van der Waals surface area (Å²) < 4.78 is 22.9. The van der Waals surface area contributed by atoms with Gasteiger partial charge in [-0.2, -0.15) is 0 Å². The van der Waals surface area contributed by atoms with Crippen LogP contribution in [0, 0.1) is 5.92 Å². The number of likely N-dealkylation sites (N-methyl/N-ethyl adjacent to an activating group) is 1. The van der Waals surface area contributed by atoms with E-state index in [1.807, 2.05) is 4.90 Å². The van der Waals surface area contributed by atoms with Crippen molar-refractivity contribution in [3.05, 3.63) is 0 Å². The highest BCUT2D eigenvalue weighted by atomic mass is 32.2. The van der Waals surface area contributed by atoms with Gasteiger partial charge in [0.15, 0.2) is 0 Å². The Kier molecular flexibility index (Phi) is 5.07. The molecule has 0 aliphatic carbocycles. The van der Waals surface area contributed by atoms with Crippen molar-refractivity contribution >= 4 is 15.7 Å². The van der Waals surface area contributed by atoms with Crippen molar-refractivity contribution in [2.45, 2.75) is 38.1 Å². The van der Waals surface area contributed by atoms with Crippen LogP contribution in [0.1, 0.15) is 32.1 Å². The standard InChI is InChI=1S/C14H26N2O3S/c1-15(2)13-5-3-4-8-16(11-13)14(17)12-6-9-20(18,19)10-7-12/h12-13H,3-11H2,1-2H3/t13-/m0/s1. The topological polar surface area (TPSA) is 57.7 Å². The summed E-state index contributed by atoms with van der Waals surface area (Å²) >= 11 is 0. The number of nitrogens with zero attached hydrogens (tertiary/aromatic N) is 2. The van der Waals surface area contributed by atoms with Crippen LogP contribution >= 0.6 is 0 Å². The van der Waals surface area contributed by atoms with Crippen molar-refractivity contribution in [1.82, 2.24) is 9.80 Å². The zero-order chi connectivity index (χ0) is 14.8. The molecule has 0 spiro atoms. The quantitative estimate of drug-likeness (QED) is 0.755. The fourth-order valence-electron chi connectivity index (χ4n) is 3.14. The SMILES string of the molecule is CN(C)[C@H]1CCCCN(C(=O)C2CCS(=O)(=O)CC2)C1. The van der Waals surface area contributed by atoms with Crippen molar-refractivity contribution in [2.75, 3.05) is 38.7 Å². The van der Waals surface area contributed by atoms with Crippen LogP contribution in [-0.2, 0) is 14.6 Å². The average molecular weight is 302 g/mol. The summed E-state index contributed by atoms with van der Waals surface area (Å²) in [5, 5.41) is 0. The molecular formula is C14H26N2O3S. The lowest BCUT2D eigenvalue weighted by molar-refractivity contribution is -0.136.